The van der Waals surface area contributed by atoms with Gasteiger partial charge in [-0.15, -0.1) is 0 Å². The van der Waals surface area contributed by atoms with E-state index in [1.54, 1.807) is 6.07 Å². The summed E-state index contributed by atoms with van der Waals surface area (Å²) in [5, 5.41) is 5.63. The molecule has 1 aromatic heterocycles. The minimum atomic E-state index is -0.123. The quantitative estimate of drug-likeness (QED) is 0.709. The maximum Gasteiger partial charge on any atom is 0.256 e. The number of carbonyl (C=O) groups is 1. The van der Waals surface area contributed by atoms with Gasteiger partial charge in [0.05, 0.1) is 13.1 Å². The Morgan fingerprint density at radius 3 is 2.65 bits per heavy atom. The van der Waals surface area contributed by atoms with Crippen molar-refractivity contribution in [2.24, 2.45) is 0 Å². The Labute approximate surface area is 133 Å². The number of anilines is 1. The van der Waals surface area contributed by atoms with Crippen molar-refractivity contribution in [3.63, 3.8) is 0 Å². The van der Waals surface area contributed by atoms with Gasteiger partial charge in [0.1, 0.15) is 0 Å². The summed E-state index contributed by atoms with van der Waals surface area (Å²) in [6.07, 6.45) is 0. The van der Waals surface area contributed by atoms with E-state index in [2.05, 4.69) is 10.3 Å². The molecule has 0 spiro atoms. The third kappa shape index (κ3) is 3.24. The minimum Gasteiger partial charge on any atom is -0.378 e. The van der Waals surface area contributed by atoms with E-state index < -0.39 is 0 Å². The van der Waals surface area contributed by atoms with Crippen LogP contribution in [0.25, 0.3) is 21.7 Å². The molecule has 1 heterocycles. The third-order valence-electron chi connectivity index (χ3n) is 3.71. The number of ketones is 1. The van der Waals surface area contributed by atoms with Crippen LogP contribution >= 0.6 is 0 Å². The van der Waals surface area contributed by atoms with Crippen LogP contribution in [0.2, 0.25) is 0 Å². The van der Waals surface area contributed by atoms with E-state index >= 15 is 0 Å². The molecule has 0 aliphatic rings. The van der Waals surface area contributed by atoms with Crippen molar-refractivity contribution in [3.05, 3.63) is 52.8 Å². The first-order valence-corrected chi connectivity index (χ1v) is 7.49. The van der Waals surface area contributed by atoms with Crippen LogP contribution in [0.1, 0.15) is 0 Å². The van der Waals surface area contributed by atoms with Crippen LogP contribution in [0.5, 0.6) is 0 Å². The lowest BCUT2D eigenvalue weighted by Gasteiger charge is -2.11. The summed E-state index contributed by atoms with van der Waals surface area (Å²) >= 11 is 0. The lowest BCUT2D eigenvalue weighted by atomic mass is 10.1. The molecule has 5 heteroatoms. The zero-order valence-corrected chi connectivity index (χ0v) is 13.2. The van der Waals surface area contributed by atoms with E-state index in [9.17, 15) is 9.59 Å². The van der Waals surface area contributed by atoms with Gasteiger partial charge in [-0.1, -0.05) is 24.3 Å². The normalized spacial score (nSPS) is 11.3. The lowest BCUT2D eigenvalue weighted by Crippen LogP contribution is -2.26. The molecule has 5 nitrogen and oxygen atoms in total. The van der Waals surface area contributed by atoms with Crippen molar-refractivity contribution in [2.45, 2.75) is 0 Å². The number of hydrogen-bond donors (Lipinski definition) is 2. The van der Waals surface area contributed by atoms with Crippen LogP contribution in [-0.2, 0) is 4.79 Å². The molecule has 0 amide bonds. The topological polar surface area (TPSA) is 65.2 Å². The van der Waals surface area contributed by atoms with Crippen LogP contribution < -0.4 is 10.9 Å². The second-order valence-corrected chi connectivity index (χ2v) is 5.89. The third-order valence-corrected chi connectivity index (χ3v) is 3.71. The van der Waals surface area contributed by atoms with Gasteiger partial charge in [0.2, 0.25) is 0 Å². The maximum absolute atomic E-state index is 12.3. The first kappa shape index (κ1) is 15.2. The molecule has 3 aromatic rings. The Morgan fingerprint density at radius 1 is 1.09 bits per heavy atom. The van der Waals surface area contributed by atoms with E-state index in [1.165, 1.54) is 0 Å². The van der Waals surface area contributed by atoms with Crippen molar-refractivity contribution in [3.8, 4) is 0 Å². The van der Waals surface area contributed by atoms with Crippen molar-refractivity contribution in [2.75, 3.05) is 32.5 Å². The van der Waals surface area contributed by atoms with Crippen LogP contribution in [0.4, 0.5) is 5.69 Å². The first-order valence-electron chi connectivity index (χ1n) is 7.49. The van der Waals surface area contributed by atoms with Gasteiger partial charge < -0.3 is 15.2 Å². The molecular weight excluding hydrogens is 290 g/mol. The number of fused-ring (bicyclic) bond motifs is 3. The Hall–Kier alpha value is -2.66. The molecule has 0 aliphatic heterocycles. The fourth-order valence-electron chi connectivity index (χ4n) is 2.70. The van der Waals surface area contributed by atoms with Crippen molar-refractivity contribution in [1.29, 1.82) is 0 Å². The molecule has 0 aliphatic carbocycles. The maximum atomic E-state index is 12.3. The smallest absolute Gasteiger partial charge is 0.256 e. The van der Waals surface area contributed by atoms with Crippen LogP contribution in [0.3, 0.4) is 0 Å². The summed E-state index contributed by atoms with van der Waals surface area (Å²) in [7, 11) is 3.72. The van der Waals surface area contributed by atoms with Gasteiger partial charge in [-0.3, -0.25) is 9.59 Å². The molecular formula is C18H19N3O2. The minimum absolute atomic E-state index is 0.0996. The number of para-hydroxylation sites is 1. The van der Waals surface area contributed by atoms with Crippen LogP contribution in [-0.4, -0.2) is 42.9 Å². The van der Waals surface area contributed by atoms with Gasteiger partial charge in [0, 0.05) is 22.0 Å². The second-order valence-electron chi connectivity index (χ2n) is 5.89. The van der Waals surface area contributed by atoms with Gasteiger partial charge in [-0.05, 0) is 37.7 Å². The first-order chi connectivity index (χ1) is 11.0. The summed E-state index contributed by atoms with van der Waals surface area (Å²) in [6.45, 7) is 0.640. The largest absolute Gasteiger partial charge is 0.378 e. The van der Waals surface area contributed by atoms with E-state index in [1.807, 2.05) is 55.4 Å². The summed E-state index contributed by atoms with van der Waals surface area (Å²) in [5.41, 5.74) is 1.47. The molecule has 23 heavy (non-hydrogen) atoms. The highest BCUT2D eigenvalue weighted by atomic mass is 16.1. The Bertz CT molecular complexity index is 928. The Balaban J connectivity index is 1.93. The summed E-state index contributed by atoms with van der Waals surface area (Å²) < 4.78 is 0. The zero-order chi connectivity index (χ0) is 16.4. The van der Waals surface area contributed by atoms with Gasteiger partial charge >= 0.3 is 0 Å². The summed E-state index contributed by atoms with van der Waals surface area (Å²) in [5.74, 6) is 0.0996. The molecule has 2 N–H and O–H groups in total. The van der Waals surface area contributed by atoms with E-state index in [-0.39, 0.29) is 17.9 Å². The molecule has 0 saturated heterocycles. The predicted octanol–water partition coefficient (Wildman–Crippen LogP) is 2.22. The number of benzene rings is 2. The fraction of sp³-hybridized carbons (Fsp3) is 0.222. The number of rotatable bonds is 5. The number of aromatic nitrogens is 1. The number of H-pyrrole nitrogens is 1. The van der Waals surface area contributed by atoms with E-state index in [0.717, 1.165) is 22.0 Å². The zero-order valence-electron chi connectivity index (χ0n) is 13.2. The number of nitrogens with one attached hydrogen (secondary N) is 2. The number of likely N-dealkylation sites (N-methyl/N-ethyl adjacent to an activating group) is 1. The number of carbonyl (C=O) groups excluding carboxylic acids is 1. The van der Waals surface area contributed by atoms with Crippen molar-refractivity contribution >= 4 is 33.1 Å². The van der Waals surface area contributed by atoms with Gasteiger partial charge in [0.25, 0.3) is 5.56 Å². The standard InChI is InChI=1S/C18H19N3O2/c1-21(2)11-13(22)10-19-12-7-8-14-15-5-3-4-6-17(15)20-18(23)16(14)9-12/h3-9,19H,10-11H2,1-2H3,(H,20,23). The van der Waals surface area contributed by atoms with Gasteiger partial charge in [0.15, 0.2) is 5.78 Å². The van der Waals surface area contributed by atoms with E-state index in [4.69, 9.17) is 0 Å². The number of Topliss-reactive ketones (excluding diaryl/α,β-unsaturated/α-hetero) is 1. The summed E-state index contributed by atoms with van der Waals surface area (Å²) in [4.78, 5) is 28.8. The number of nitrogens with zero attached hydrogens (tertiary/aromatic N) is 1. The highest BCUT2D eigenvalue weighted by Crippen LogP contribution is 2.23. The molecule has 2 aromatic carbocycles. The SMILES string of the molecule is CN(C)CC(=O)CNc1ccc2c(c1)c(=O)[nH]c1ccccc12. The highest BCUT2D eigenvalue weighted by Gasteiger charge is 2.07. The molecule has 0 unspecified atom stereocenters. The number of hydrogen-bond acceptors (Lipinski definition) is 4. The molecule has 0 saturated carbocycles. The predicted molar refractivity (Wildman–Crippen MR) is 94.1 cm³/mol. The molecule has 0 atom stereocenters. The monoisotopic (exact) mass is 309 g/mol. The van der Waals surface area contributed by atoms with E-state index in [0.29, 0.717) is 11.9 Å². The lowest BCUT2D eigenvalue weighted by molar-refractivity contribution is -0.118. The van der Waals surface area contributed by atoms with Crippen molar-refractivity contribution in [1.82, 2.24) is 9.88 Å². The molecule has 0 fully saturated rings. The average molecular weight is 309 g/mol. The van der Waals surface area contributed by atoms with Gasteiger partial charge in [-0.2, -0.15) is 0 Å². The Morgan fingerprint density at radius 2 is 1.87 bits per heavy atom. The van der Waals surface area contributed by atoms with Crippen molar-refractivity contribution < 1.29 is 4.79 Å². The molecule has 118 valence electrons. The number of aromatic amines is 1. The second kappa shape index (κ2) is 6.22. The number of pyridine rings is 1. The van der Waals surface area contributed by atoms with Gasteiger partial charge in [-0.25, -0.2) is 0 Å². The highest BCUT2D eigenvalue weighted by molar-refractivity contribution is 6.06. The van der Waals surface area contributed by atoms with Crippen LogP contribution in [0.15, 0.2) is 47.3 Å². The average Bonchev–Trinajstić information content (AvgIpc) is 2.52. The molecule has 0 bridgehead atoms. The fourth-order valence-corrected chi connectivity index (χ4v) is 2.70. The van der Waals surface area contributed by atoms with Crippen LogP contribution in [0, 0.1) is 0 Å². The molecule has 0 radical (unpaired) electrons. The Kier molecular flexibility index (Phi) is 4.12. The summed E-state index contributed by atoms with van der Waals surface area (Å²) in [6, 6.07) is 13.3. The molecule has 3 rings (SSSR count).